The highest BCUT2D eigenvalue weighted by Gasteiger charge is 2.30. The molecule has 296 valence electrons. The monoisotopic (exact) mass is 747 g/mol. The van der Waals surface area contributed by atoms with Crippen molar-refractivity contribution >= 4 is 17.3 Å². The van der Waals surface area contributed by atoms with Crippen LogP contribution in [0.25, 0.3) is 0 Å². The Hall–Kier alpha value is -2.86. The lowest BCUT2D eigenvalue weighted by molar-refractivity contribution is -0.137. The van der Waals surface area contributed by atoms with Gasteiger partial charge in [-0.05, 0) is 36.8 Å². The summed E-state index contributed by atoms with van der Waals surface area (Å²) < 4.78 is 93.5. The number of rotatable bonds is 34. The van der Waals surface area contributed by atoms with E-state index in [0.717, 1.165) is 25.2 Å². The summed E-state index contributed by atoms with van der Waals surface area (Å²) in [5.41, 5.74) is -0.0825. The molecule has 0 aliphatic heterocycles. The molecule has 0 saturated carbocycles. The summed E-state index contributed by atoms with van der Waals surface area (Å²) in [6.07, 6.45) is -0.981. The van der Waals surface area contributed by atoms with Crippen LogP contribution in [0.5, 0.6) is 0 Å². The Balaban J connectivity index is 1.31. The lowest BCUT2D eigenvalue weighted by Crippen LogP contribution is -2.16. The van der Waals surface area contributed by atoms with E-state index in [1.165, 1.54) is 31.0 Å². The lowest BCUT2D eigenvalue weighted by atomic mass is 10.1. The molecule has 0 radical (unpaired) electrons. The zero-order valence-electron chi connectivity index (χ0n) is 30.3. The molecular weight excluding hydrogens is 691 g/mol. The SMILES string of the molecule is CCCCCOCCOCCOCCOCCOCCOCCOCCOCCOCCOC(=O)c1ccccc1Nc1cccc(C(F)(F)F)c1. The molecule has 2 rings (SSSR count). The molecule has 0 heterocycles. The third-order valence-electron chi connectivity index (χ3n) is 6.95. The maximum absolute atomic E-state index is 13.0. The first-order valence-corrected chi connectivity index (χ1v) is 17.8. The van der Waals surface area contributed by atoms with Crippen molar-refractivity contribution < 1.29 is 65.3 Å². The second kappa shape index (κ2) is 30.6. The average Bonchev–Trinajstić information content (AvgIpc) is 3.14. The largest absolute Gasteiger partial charge is 0.460 e. The second-order valence-corrected chi connectivity index (χ2v) is 11.1. The Morgan fingerprint density at radius 3 is 1.40 bits per heavy atom. The highest BCUT2D eigenvalue weighted by atomic mass is 19.4. The first kappa shape index (κ1) is 45.3. The van der Waals surface area contributed by atoms with Gasteiger partial charge < -0.3 is 52.7 Å². The summed E-state index contributed by atoms with van der Waals surface area (Å²) in [5, 5.41) is 2.86. The quantitative estimate of drug-likeness (QED) is 0.0674. The summed E-state index contributed by atoms with van der Waals surface area (Å²) in [5.74, 6) is -0.626. The van der Waals surface area contributed by atoms with E-state index in [2.05, 4.69) is 12.2 Å². The Morgan fingerprint density at radius 2 is 0.962 bits per heavy atom. The number of carbonyl (C=O) groups is 1. The number of esters is 1. The van der Waals surface area contributed by atoms with Gasteiger partial charge in [-0.1, -0.05) is 38.0 Å². The van der Waals surface area contributed by atoms with Crippen molar-refractivity contribution in [3.05, 3.63) is 59.7 Å². The zero-order chi connectivity index (χ0) is 37.4. The molecule has 0 aliphatic carbocycles. The van der Waals surface area contributed by atoms with Gasteiger partial charge in [0.05, 0.1) is 129 Å². The van der Waals surface area contributed by atoms with Gasteiger partial charge in [0.1, 0.15) is 6.61 Å². The number of hydrogen-bond acceptors (Lipinski definition) is 12. The summed E-state index contributed by atoms with van der Waals surface area (Å²) in [6, 6.07) is 11.1. The number of anilines is 2. The molecule has 2 aromatic carbocycles. The van der Waals surface area contributed by atoms with Crippen molar-refractivity contribution in [2.45, 2.75) is 32.4 Å². The van der Waals surface area contributed by atoms with E-state index in [1.807, 2.05) is 0 Å². The Kier molecular flexibility index (Phi) is 26.6. The minimum Gasteiger partial charge on any atom is -0.460 e. The zero-order valence-corrected chi connectivity index (χ0v) is 30.3. The van der Waals surface area contributed by atoms with Crippen molar-refractivity contribution in [2.75, 3.05) is 131 Å². The molecular formula is C37H56F3NO11. The van der Waals surface area contributed by atoms with Crippen molar-refractivity contribution in [3.8, 4) is 0 Å². The maximum atomic E-state index is 13.0. The van der Waals surface area contributed by atoms with E-state index in [4.69, 9.17) is 47.4 Å². The molecule has 0 amide bonds. The molecule has 52 heavy (non-hydrogen) atoms. The predicted octanol–water partition coefficient (Wildman–Crippen LogP) is 5.95. The van der Waals surface area contributed by atoms with Crippen molar-refractivity contribution in [1.29, 1.82) is 0 Å². The van der Waals surface area contributed by atoms with Gasteiger partial charge >= 0.3 is 12.1 Å². The van der Waals surface area contributed by atoms with Gasteiger partial charge in [0, 0.05) is 12.3 Å². The molecule has 2 aromatic rings. The normalized spacial score (nSPS) is 11.6. The van der Waals surface area contributed by atoms with Crippen LogP contribution in [0, 0.1) is 0 Å². The number of nitrogens with one attached hydrogen (secondary N) is 1. The highest BCUT2D eigenvalue weighted by Crippen LogP contribution is 2.32. The molecule has 0 bridgehead atoms. The van der Waals surface area contributed by atoms with E-state index in [0.29, 0.717) is 111 Å². The molecule has 12 nitrogen and oxygen atoms in total. The number of ether oxygens (including phenoxy) is 10. The molecule has 0 aliphatic rings. The molecule has 0 fully saturated rings. The molecule has 15 heteroatoms. The van der Waals surface area contributed by atoms with Crippen LogP contribution in [-0.2, 0) is 53.5 Å². The van der Waals surface area contributed by atoms with Crippen molar-refractivity contribution in [2.24, 2.45) is 0 Å². The van der Waals surface area contributed by atoms with Crippen LogP contribution in [0.2, 0.25) is 0 Å². The van der Waals surface area contributed by atoms with E-state index in [9.17, 15) is 18.0 Å². The topological polar surface area (TPSA) is 121 Å². The number of alkyl halides is 3. The van der Waals surface area contributed by atoms with Crippen LogP contribution in [-0.4, -0.2) is 132 Å². The van der Waals surface area contributed by atoms with Crippen LogP contribution in [0.1, 0.15) is 42.1 Å². The van der Waals surface area contributed by atoms with Crippen LogP contribution in [0.3, 0.4) is 0 Å². The van der Waals surface area contributed by atoms with Gasteiger partial charge in [-0.3, -0.25) is 0 Å². The number of unbranched alkanes of at least 4 members (excludes halogenated alkanes) is 2. The molecule has 0 saturated heterocycles. The van der Waals surface area contributed by atoms with Crippen LogP contribution < -0.4 is 5.32 Å². The van der Waals surface area contributed by atoms with Gasteiger partial charge in [-0.25, -0.2) is 4.79 Å². The van der Waals surface area contributed by atoms with Gasteiger partial charge in [-0.2, -0.15) is 13.2 Å². The molecule has 0 aromatic heterocycles. The smallest absolute Gasteiger partial charge is 0.416 e. The number of benzene rings is 2. The molecule has 0 spiro atoms. The first-order valence-electron chi connectivity index (χ1n) is 17.8. The summed E-state index contributed by atoms with van der Waals surface area (Å²) in [6.45, 7) is 10.6. The molecule has 0 unspecified atom stereocenters. The fourth-order valence-electron chi connectivity index (χ4n) is 4.29. The Bertz CT molecular complexity index is 1160. The third kappa shape index (κ3) is 23.7. The number of halogens is 3. The standard InChI is InChI=1S/C37H56F3NO11/c1-2-3-6-12-43-13-14-44-15-16-45-17-18-46-19-20-47-21-22-48-23-24-49-25-26-50-27-28-51-29-30-52-36(42)34-10-4-5-11-35(34)41-33-9-7-8-32(31-33)37(38,39)40/h4-5,7-11,31,41H,2-3,6,12-30H2,1H3. The van der Waals surface area contributed by atoms with E-state index >= 15 is 0 Å². The highest BCUT2D eigenvalue weighted by molar-refractivity contribution is 5.96. The second-order valence-electron chi connectivity index (χ2n) is 11.1. The minimum atomic E-state index is -4.48. The van der Waals surface area contributed by atoms with Gasteiger partial charge in [0.25, 0.3) is 0 Å². The third-order valence-corrected chi connectivity index (χ3v) is 6.95. The Morgan fingerprint density at radius 1 is 0.538 bits per heavy atom. The van der Waals surface area contributed by atoms with Crippen molar-refractivity contribution in [1.82, 2.24) is 0 Å². The Labute approximate surface area is 305 Å². The summed E-state index contributed by atoms with van der Waals surface area (Å²) >= 11 is 0. The van der Waals surface area contributed by atoms with Crippen LogP contribution in [0.15, 0.2) is 48.5 Å². The minimum absolute atomic E-state index is 0.00132. The molecule has 1 N–H and O–H groups in total. The summed E-state index contributed by atoms with van der Waals surface area (Å²) in [4.78, 5) is 12.6. The van der Waals surface area contributed by atoms with E-state index in [-0.39, 0.29) is 24.5 Å². The van der Waals surface area contributed by atoms with Crippen molar-refractivity contribution in [3.63, 3.8) is 0 Å². The van der Waals surface area contributed by atoms with Gasteiger partial charge in [0.15, 0.2) is 0 Å². The average molecular weight is 748 g/mol. The van der Waals surface area contributed by atoms with Gasteiger partial charge in [-0.15, -0.1) is 0 Å². The van der Waals surface area contributed by atoms with E-state index in [1.54, 1.807) is 18.2 Å². The van der Waals surface area contributed by atoms with Gasteiger partial charge in [0.2, 0.25) is 0 Å². The van der Waals surface area contributed by atoms with Crippen LogP contribution in [0.4, 0.5) is 24.5 Å². The number of carbonyl (C=O) groups excluding carboxylic acids is 1. The predicted molar refractivity (Wildman–Crippen MR) is 188 cm³/mol. The number of para-hydroxylation sites is 1. The fourth-order valence-corrected chi connectivity index (χ4v) is 4.29. The summed E-state index contributed by atoms with van der Waals surface area (Å²) in [7, 11) is 0. The number of hydrogen-bond donors (Lipinski definition) is 1. The fraction of sp³-hybridized carbons (Fsp3) is 0.649. The lowest BCUT2D eigenvalue weighted by Gasteiger charge is -2.13. The van der Waals surface area contributed by atoms with Crippen LogP contribution >= 0.6 is 0 Å². The molecule has 0 atom stereocenters. The van der Waals surface area contributed by atoms with E-state index < -0.39 is 17.7 Å². The maximum Gasteiger partial charge on any atom is 0.416 e. The first-order chi connectivity index (χ1) is 25.4.